The molecule has 1 aromatic rings. The third-order valence-corrected chi connectivity index (χ3v) is 2.45. The molecular weight excluding hydrogens is 186 g/mol. The predicted octanol–water partition coefficient (Wildman–Crippen LogP) is 3.15. The van der Waals surface area contributed by atoms with E-state index in [0.717, 1.165) is 0 Å². The van der Waals surface area contributed by atoms with Gasteiger partial charge in [-0.1, -0.05) is 38.1 Å². The number of nitrogens with zero attached hydrogens (tertiary/aromatic N) is 1. The number of nitriles is 1. The molecule has 1 atom stereocenters. The van der Waals surface area contributed by atoms with Crippen LogP contribution in [-0.4, -0.2) is 5.78 Å². The fourth-order valence-electron chi connectivity index (χ4n) is 1.34. The Morgan fingerprint density at radius 3 is 2.13 bits per heavy atom. The lowest BCUT2D eigenvalue weighted by Gasteiger charge is -2.06. The highest BCUT2D eigenvalue weighted by molar-refractivity contribution is 5.99. The van der Waals surface area contributed by atoms with Gasteiger partial charge in [0.2, 0.25) is 0 Å². The van der Waals surface area contributed by atoms with Gasteiger partial charge in [0.15, 0.2) is 5.78 Å². The maximum atomic E-state index is 11.6. The van der Waals surface area contributed by atoms with E-state index in [0.29, 0.717) is 11.5 Å². The van der Waals surface area contributed by atoms with Gasteiger partial charge in [0.1, 0.15) is 5.92 Å². The second-order valence-corrected chi connectivity index (χ2v) is 3.99. The number of hydrogen-bond donors (Lipinski definition) is 0. The second-order valence-electron chi connectivity index (χ2n) is 3.99. The van der Waals surface area contributed by atoms with Crippen molar-refractivity contribution in [3.05, 3.63) is 35.4 Å². The summed E-state index contributed by atoms with van der Waals surface area (Å²) in [6.45, 7) is 5.84. The SMILES string of the molecule is CC(C#N)C(=O)c1ccc(C(C)C)cc1. The van der Waals surface area contributed by atoms with E-state index < -0.39 is 5.92 Å². The van der Waals surface area contributed by atoms with Crippen LogP contribution >= 0.6 is 0 Å². The van der Waals surface area contributed by atoms with Crippen LogP contribution in [-0.2, 0) is 0 Å². The monoisotopic (exact) mass is 201 g/mol. The highest BCUT2D eigenvalue weighted by Gasteiger charge is 2.13. The minimum Gasteiger partial charge on any atom is -0.293 e. The van der Waals surface area contributed by atoms with Crippen molar-refractivity contribution in [1.82, 2.24) is 0 Å². The Morgan fingerprint density at radius 1 is 1.20 bits per heavy atom. The van der Waals surface area contributed by atoms with Crippen molar-refractivity contribution in [1.29, 1.82) is 5.26 Å². The summed E-state index contributed by atoms with van der Waals surface area (Å²) < 4.78 is 0. The van der Waals surface area contributed by atoms with Crippen molar-refractivity contribution in [3.63, 3.8) is 0 Å². The maximum absolute atomic E-state index is 11.6. The van der Waals surface area contributed by atoms with Crippen LogP contribution < -0.4 is 0 Å². The van der Waals surface area contributed by atoms with Gasteiger partial charge < -0.3 is 0 Å². The minimum atomic E-state index is -0.560. The number of ketones is 1. The van der Waals surface area contributed by atoms with Gasteiger partial charge in [-0.15, -0.1) is 0 Å². The minimum absolute atomic E-state index is 0.104. The third kappa shape index (κ3) is 2.66. The van der Waals surface area contributed by atoms with E-state index in [1.807, 2.05) is 18.2 Å². The number of Topliss-reactive ketones (excluding diaryl/α,β-unsaturated/α-hetero) is 1. The lowest BCUT2D eigenvalue weighted by atomic mass is 9.97. The van der Waals surface area contributed by atoms with Gasteiger partial charge in [-0.2, -0.15) is 5.26 Å². The largest absolute Gasteiger partial charge is 0.293 e. The summed E-state index contributed by atoms with van der Waals surface area (Å²) in [6, 6.07) is 9.44. The van der Waals surface area contributed by atoms with Crippen LogP contribution in [0.3, 0.4) is 0 Å². The van der Waals surface area contributed by atoms with E-state index >= 15 is 0 Å². The average Bonchev–Trinajstić information content (AvgIpc) is 2.27. The lowest BCUT2D eigenvalue weighted by Crippen LogP contribution is -2.08. The highest BCUT2D eigenvalue weighted by Crippen LogP contribution is 2.16. The van der Waals surface area contributed by atoms with E-state index in [4.69, 9.17) is 5.26 Å². The fraction of sp³-hybridized carbons (Fsp3) is 0.385. The van der Waals surface area contributed by atoms with Crippen molar-refractivity contribution in [2.24, 2.45) is 5.92 Å². The van der Waals surface area contributed by atoms with Crippen LogP contribution in [0.25, 0.3) is 0 Å². The lowest BCUT2D eigenvalue weighted by molar-refractivity contribution is 0.0956. The van der Waals surface area contributed by atoms with Crippen molar-refractivity contribution in [2.45, 2.75) is 26.7 Å². The van der Waals surface area contributed by atoms with Crippen LogP contribution in [0.5, 0.6) is 0 Å². The molecule has 0 aliphatic carbocycles. The Bertz CT molecular complexity index is 384. The maximum Gasteiger partial charge on any atom is 0.179 e. The first-order valence-electron chi connectivity index (χ1n) is 5.10. The van der Waals surface area contributed by atoms with E-state index in [2.05, 4.69) is 13.8 Å². The third-order valence-electron chi connectivity index (χ3n) is 2.45. The van der Waals surface area contributed by atoms with E-state index in [9.17, 15) is 4.79 Å². The molecule has 0 saturated carbocycles. The van der Waals surface area contributed by atoms with Crippen LogP contribution in [0, 0.1) is 17.2 Å². The summed E-state index contributed by atoms with van der Waals surface area (Å²) in [5.41, 5.74) is 1.82. The number of carbonyl (C=O) groups is 1. The zero-order valence-electron chi connectivity index (χ0n) is 9.32. The van der Waals surface area contributed by atoms with Gasteiger partial charge in [0.25, 0.3) is 0 Å². The molecule has 0 radical (unpaired) electrons. The average molecular weight is 201 g/mol. The molecule has 0 bridgehead atoms. The molecule has 1 aromatic carbocycles. The molecule has 0 aromatic heterocycles. The summed E-state index contributed by atoms with van der Waals surface area (Å²) in [5, 5.41) is 8.64. The first kappa shape index (κ1) is 11.5. The summed E-state index contributed by atoms with van der Waals surface area (Å²) in [6.07, 6.45) is 0. The molecule has 0 N–H and O–H groups in total. The van der Waals surface area contributed by atoms with Gasteiger partial charge in [-0.25, -0.2) is 0 Å². The van der Waals surface area contributed by atoms with Crippen molar-refractivity contribution < 1.29 is 4.79 Å². The standard InChI is InChI=1S/C13H15NO/c1-9(2)11-4-6-12(7-5-11)13(15)10(3)8-14/h4-7,9-10H,1-3H3. The molecule has 78 valence electrons. The first-order valence-corrected chi connectivity index (χ1v) is 5.10. The molecule has 2 heteroatoms. The van der Waals surface area contributed by atoms with E-state index in [-0.39, 0.29) is 5.78 Å². The molecule has 0 heterocycles. The first-order chi connectivity index (χ1) is 7.06. The Kier molecular flexibility index (Phi) is 3.62. The summed E-state index contributed by atoms with van der Waals surface area (Å²) >= 11 is 0. The quantitative estimate of drug-likeness (QED) is 0.705. The summed E-state index contributed by atoms with van der Waals surface area (Å²) in [5.74, 6) is -0.203. The highest BCUT2D eigenvalue weighted by atomic mass is 16.1. The van der Waals surface area contributed by atoms with Crippen molar-refractivity contribution in [2.75, 3.05) is 0 Å². The molecule has 0 aliphatic heterocycles. The molecule has 0 saturated heterocycles. The number of carbonyl (C=O) groups excluding carboxylic acids is 1. The second kappa shape index (κ2) is 4.75. The molecular formula is C13H15NO. The summed E-state index contributed by atoms with van der Waals surface area (Å²) in [7, 11) is 0. The smallest absolute Gasteiger partial charge is 0.179 e. The van der Waals surface area contributed by atoms with Gasteiger partial charge in [-0.05, 0) is 18.4 Å². The molecule has 1 rings (SSSR count). The Balaban J connectivity index is 2.90. The normalized spacial score (nSPS) is 12.2. The van der Waals surface area contributed by atoms with Gasteiger partial charge in [0, 0.05) is 5.56 Å². The molecule has 0 fully saturated rings. The van der Waals surface area contributed by atoms with Crippen LogP contribution in [0.4, 0.5) is 0 Å². The van der Waals surface area contributed by atoms with Crippen LogP contribution in [0.1, 0.15) is 42.6 Å². The van der Waals surface area contributed by atoms with Crippen molar-refractivity contribution in [3.8, 4) is 6.07 Å². The van der Waals surface area contributed by atoms with Gasteiger partial charge in [-0.3, -0.25) is 4.79 Å². The molecule has 1 unspecified atom stereocenters. The molecule has 0 aliphatic rings. The van der Waals surface area contributed by atoms with Crippen molar-refractivity contribution >= 4 is 5.78 Å². The number of rotatable bonds is 3. The van der Waals surface area contributed by atoms with Crippen LogP contribution in [0.2, 0.25) is 0 Å². The van der Waals surface area contributed by atoms with Gasteiger partial charge >= 0.3 is 0 Å². The Morgan fingerprint density at radius 2 is 1.73 bits per heavy atom. The number of benzene rings is 1. The van der Waals surface area contributed by atoms with Gasteiger partial charge in [0.05, 0.1) is 6.07 Å². The Labute approximate surface area is 90.5 Å². The predicted molar refractivity (Wildman–Crippen MR) is 59.6 cm³/mol. The van der Waals surface area contributed by atoms with E-state index in [1.54, 1.807) is 19.1 Å². The molecule has 0 amide bonds. The zero-order chi connectivity index (χ0) is 11.4. The summed E-state index contributed by atoms with van der Waals surface area (Å²) in [4.78, 5) is 11.6. The Hall–Kier alpha value is -1.62. The zero-order valence-corrected chi connectivity index (χ0v) is 9.32. The molecule has 15 heavy (non-hydrogen) atoms. The van der Waals surface area contributed by atoms with E-state index in [1.165, 1.54) is 5.56 Å². The molecule has 2 nitrogen and oxygen atoms in total. The fourth-order valence-corrected chi connectivity index (χ4v) is 1.34. The number of hydrogen-bond acceptors (Lipinski definition) is 2. The van der Waals surface area contributed by atoms with Crippen LogP contribution in [0.15, 0.2) is 24.3 Å². The molecule has 0 spiro atoms. The topological polar surface area (TPSA) is 40.9 Å².